The second-order valence-electron chi connectivity index (χ2n) is 5.19. The van der Waals surface area contributed by atoms with Gasteiger partial charge in [-0.3, -0.25) is 0 Å². The molecule has 20 heavy (non-hydrogen) atoms. The minimum atomic E-state index is 0.292. The molecule has 0 bridgehead atoms. The Kier molecular flexibility index (Phi) is 5.62. The van der Waals surface area contributed by atoms with Gasteiger partial charge in [0.15, 0.2) is 0 Å². The highest BCUT2D eigenvalue weighted by Gasteiger charge is 2.14. The highest BCUT2D eigenvalue weighted by atomic mass is 16.5. The Morgan fingerprint density at radius 2 is 2.05 bits per heavy atom. The summed E-state index contributed by atoms with van der Waals surface area (Å²) in [6.07, 6.45) is 2.54. The first-order valence-corrected chi connectivity index (χ1v) is 7.57. The van der Waals surface area contributed by atoms with E-state index in [1.807, 2.05) is 18.2 Å². The third-order valence-corrected chi connectivity index (χ3v) is 3.52. The molecule has 1 aromatic carbocycles. The summed E-state index contributed by atoms with van der Waals surface area (Å²) in [5.74, 6) is 0.997. The van der Waals surface area contributed by atoms with Crippen LogP contribution in [0.2, 0.25) is 0 Å². The Labute approximate surface area is 121 Å². The summed E-state index contributed by atoms with van der Waals surface area (Å²) in [5.41, 5.74) is 2.13. The fraction of sp³-hybridized carbons (Fsp3) is 0.529. The quantitative estimate of drug-likeness (QED) is 0.782. The lowest BCUT2D eigenvalue weighted by molar-refractivity contribution is 0.0469. The molecule has 1 heterocycles. The van der Waals surface area contributed by atoms with Crippen molar-refractivity contribution in [3.63, 3.8) is 0 Å². The smallest absolute Gasteiger partial charge is 0.134 e. The SMILES string of the molecule is CCCC(C)OCc1c(CNCC)oc2ccccc12. The Morgan fingerprint density at radius 3 is 2.80 bits per heavy atom. The van der Waals surface area contributed by atoms with Crippen LogP contribution in [-0.2, 0) is 17.9 Å². The molecular weight excluding hydrogens is 250 g/mol. The maximum absolute atomic E-state index is 5.97. The summed E-state index contributed by atoms with van der Waals surface area (Å²) in [6, 6.07) is 8.18. The molecule has 1 unspecified atom stereocenters. The molecule has 1 N–H and O–H groups in total. The predicted octanol–water partition coefficient (Wildman–Crippen LogP) is 4.25. The van der Waals surface area contributed by atoms with Gasteiger partial charge in [-0.25, -0.2) is 0 Å². The lowest BCUT2D eigenvalue weighted by Gasteiger charge is -2.12. The molecule has 0 fully saturated rings. The van der Waals surface area contributed by atoms with Crippen LogP contribution < -0.4 is 5.32 Å². The van der Waals surface area contributed by atoms with Crippen molar-refractivity contribution in [2.45, 2.75) is 52.9 Å². The number of furan rings is 1. The van der Waals surface area contributed by atoms with Crippen molar-refractivity contribution in [1.82, 2.24) is 5.32 Å². The van der Waals surface area contributed by atoms with Crippen molar-refractivity contribution in [1.29, 1.82) is 0 Å². The van der Waals surface area contributed by atoms with E-state index in [1.165, 1.54) is 10.9 Å². The minimum absolute atomic E-state index is 0.292. The van der Waals surface area contributed by atoms with E-state index in [4.69, 9.17) is 9.15 Å². The van der Waals surface area contributed by atoms with Crippen molar-refractivity contribution in [2.75, 3.05) is 6.54 Å². The Morgan fingerprint density at radius 1 is 1.25 bits per heavy atom. The molecule has 0 aliphatic carbocycles. The molecule has 3 heteroatoms. The Bertz CT molecular complexity index is 533. The van der Waals surface area contributed by atoms with Gasteiger partial charge in [-0.2, -0.15) is 0 Å². The Balaban J connectivity index is 2.19. The van der Waals surface area contributed by atoms with Crippen LogP contribution in [0.4, 0.5) is 0 Å². The van der Waals surface area contributed by atoms with Crippen LogP contribution in [0.3, 0.4) is 0 Å². The number of fused-ring (bicyclic) bond motifs is 1. The first kappa shape index (κ1) is 15.1. The number of hydrogen-bond donors (Lipinski definition) is 1. The molecule has 0 saturated carbocycles. The molecule has 0 spiro atoms. The van der Waals surface area contributed by atoms with E-state index in [0.717, 1.165) is 37.3 Å². The van der Waals surface area contributed by atoms with Crippen LogP contribution >= 0.6 is 0 Å². The van der Waals surface area contributed by atoms with Crippen LogP contribution in [0.15, 0.2) is 28.7 Å². The second kappa shape index (κ2) is 7.46. The molecule has 110 valence electrons. The second-order valence-corrected chi connectivity index (χ2v) is 5.19. The molecule has 0 saturated heterocycles. The van der Waals surface area contributed by atoms with Crippen molar-refractivity contribution >= 4 is 11.0 Å². The van der Waals surface area contributed by atoms with Gasteiger partial charge in [-0.1, -0.05) is 38.5 Å². The molecule has 0 amide bonds. The maximum Gasteiger partial charge on any atom is 0.134 e. The fourth-order valence-electron chi connectivity index (χ4n) is 2.40. The molecule has 1 atom stereocenters. The van der Waals surface area contributed by atoms with E-state index in [9.17, 15) is 0 Å². The van der Waals surface area contributed by atoms with Gasteiger partial charge in [0.05, 0.1) is 19.3 Å². The van der Waals surface area contributed by atoms with Gasteiger partial charge in [0.2, 0.25) is 0 Å². The highest BCUT2D eigenvalue weighted by Crippen LogP contribution is 2.27. The summed E-state index contributed by atoms with van der Waals surface area (Å²) in [4.78, 5) is 0. The number of rotatable bonds is 8. The van der Waals surface area contributed by atoms with Crippen molar-refractivity contribution in [3.05, 3.63) is 35.6 Å². The third kappa shape index (κ3) is 3.62. The molecular formula is C17H25NO2. The van der Waals surface area contributed by atoms with Crippen molar-refractivity contribution in [3.8, 4) is 0 Å². The maximum atomic E-state index is 5.97. The lowest BCUT2D eigenvalue weighted by Crippen LogP contribution is -2.13. The largest absolute Gasteiger partial charge is 0.459 e. The number of para-hydroxylation sites is 1. The standard InChI is InChI=1S/C17H25NO2/c1-4-8-13(3)19-12-15-14-9-6-7-10-16(14)20-17(15)11-18-5-2/h6-7,9-10,13,18H,4-5,8,11-12H2,1-3H3. The summed E-state index contributed by atoms with van der Waals surface area (Å²) >= 11 is 0. The van der Waals surface area contributed by atoms with Crippen LogP contribution in [0.1, 0.15) is 44.9 Å². The number of nitrogens with one attached hydrogen (secondary N) is 1. The summed E-state index contributed by atoms with van der Waals surface area (Å²) in [5, 5.41) is 4.50. The average Bonchev–Trinajstić information content (AvgIpc) is 2.81. The van der Waals surface area contributed by atoms with Crippen molar-refractivity contribution in [2.24, 2.45) is 0 Å². The van der Waals surface area contributed by atoms with E-state index >= 15 is 0 Å². The van der Waals surface area contributed by atoms with E-state index in [2.05, 4.69) is 32.2 Å². The topological polar surface area (TPSA) is 34.4 Å². The number of benzene rings is 1. The predicted molar refractivity (Wildman–Crippen MR) is 82.8 cm³/mol. The summed E-state index contributed by atoms with van der Waals surface area (Å²) < 4.78 is 11.9. The molecule has 2 rings (SSSR count). The average molecular weight is 275 g/mol. The first-order valence-electron chi connectivity index (χ1n) is 7.57. The third-order valence-electron chi connectivity index (χ3n) is 3.52. The van der Waals surface area contributed by atoms with Gasteiger partial charge in [-0.15, -0.1) is 0 Å². The fourth-order valence-corrected chi connectivity index (χ4v) is 2.40. The molecule has 3 nitrogen and oxygen atoms in total. The Hall–Kier alpha value is -1.32. The molecule has 0 aliphatic rings. The zero-order valence-electron chi connectivity index (χ0n) is 12.7. The van der Waals surface area contributed by atoms with Crippen molar-refractivity contribution < 1.29 is 9.15 Å². The van der Waals surface area contributed by atoms with E-state index in [1.54, 1.807) is 0 Å². The molecule has 0 radical (unpaired) electrons. The van der Waals surface area contributed by atoms with Crippen LogP contribution in [0, 0.1) is 0 Å². The van der Waals surface area contributed by atoms with Gasteiger partial charge in [0.25, 0.3) is 0 Å². The lowest BCUT2D eigenvalue weighted by atomic mass is 10.1. The molecule has 2 aromatic rings. The zero-order valence-corrected chi connectivity index (χ0v) is 12.7. The summed E-state index contributed by atoms with van der Waals surface area (Å²) in [6.45, 7) is 8.73. The minimum Gasteiger partial charge on any atom is -0.459 e. The molecule has 1 aromatic heterocycles. The molecule has 0 aliphatic heterocycles. The van der Waals surface area contributed by atoms with E-state index in [-0.39, 0.29) is 0 Å². The van der Waals surface area contributed by atoms with Gasteiger partial charge < -0.3 is 14.5 Å². The van der Waals surface area contributed by atoms with Crippen LogP contribution in [0.25, 0.3) is 11.0 Å². The van der Waals surface area contributed by atoms with E-state index < -0.39 is 0 Å². The number of hydrogen-bond acceptors (Lipinski definition) is 3. The van der Waals surface area contributed by atoms with Crippen LogP contribution in [-0.4, -0.2) is 12.6 Å². The van der Waals surface area contributed by atoms with Gasteiger partial charge in [0, 0.05) is 10.9 Å². The number of ether oxygens (including phenoxy) is 1. The highest BCUT2D eigenvalue weighted by molar-refractivity contribution is 5.82. The van der Waals surface area contributed by atoms with E-state index in [0.29, 0.717) is 12.7 Å². The monoisotopic (exact) mass is 275 g/mol. The first-order chi connectivity index (χ1) is 9.76. The van der Waals surface area contributed by atoms with Gasteiger partial charge in [0.1, 0.15) is 11.3 Å². The van der Waals surface area contributed by atoms with Gasteiger partial charge >= 0.3 is 0 Å². The summed E-state index contributed by atoms with van der Waals surface area (Å²) in [7, 11) is 0. The van der Waals surface area contributed by atoms with Crippen LogP contribution in [0.5, 0.6) is 0 Å². The zero-order chi connectivity index (χ0) is 14.4. The normalized spacial score (nSPS) is 12.9. The van der Waals surface area contributed by atoms with Gasteiger partial charge in [-0.05, 0) is 26.0 Å².